The number of nitrogens with one attached hydrogen (secondary N) is 1. The van der Waals surface area contributed by atoms with Gasteiger partial charge in [-0.3, -0.25) is 14.9 Å². The van der Waals surface area contributed by atoms with Crippen LogP contribution >= 0.6 is 23.2 Å². The lowest BCUT2D eigenvalue weighted by Crippen LogP contribution is -2.54. The average molecular weight is 567 g/mol. The van der Waals surface area contributed by atoms with Crippen LogP contribution in [-0.4, -0.2) is 28.9 Å². The Bertz CT molecular complexity index is 1480. The Labute approximate surface area is 234 Å². The molecule has 3 aromatic carbocycles. The number of anilines is 1. The first-order valence-corrected chi connectivity index (χ1v) is 12.6. The number of barbiturate groups is 1. The molecule has 0 atom stereocenters. The molecule has 1 aliphatic heterocycles. The maximum Gasteiger partial charge on any atom is 0.335 e. The van der Waals surface area contributed by atoms with Crippen molar-refractivity contribution in [3.63, 3.8) is 0 Å². The van der Waals surface area contributed by atoms with Crippen molar-refractivity contribution in [2.24, 2.45) is 0 Å². The van der Waals surface area contributed by atoms with Gasteiger partial charge >= 0.3 is 12.0 Å². The van der Waals surface area contributed by atoms with Gasteiger partial charge in [0, 0.05) is 0 Å². The number of aromatic carboxylic acids is 1. The van der Waals surface area contributed by atoms with E-state index in [-0.39, 0.29) is 39.0 Å². The number of carbonyl (C=O) groups is 4. The Morgan fingerprint density at radius 1 is 0.974 bits per heavy atom. The van der Waals surface area contributed by atoms with Gasteiger partial charge in [0.25, 0.3) is 11.8 Å². The standard InChI is InChI=1S/C29H24Cl2N2O6/c1-29(2,3)19-8-10-20(11-9-19)33-26(35)21(25(34)32-28(33)38)12-17-13-22(30)24(23(31)14-17)39-15-16-4-6-18(7-5-16)27(36)37/h4-14H,15H2,1-3H3,(H,36,37)(H,32,34,38)/b21-12+. The Balaban J connectivity index is 1.56. The van der Waals surface area contributed by atoms with Gasteiger partial charge in [0.05, 0.1) is 21.3 Å². The highest BCUT2D eigenvalue weighted by Gasteiger charge is 2.37. The highest BCUT2D eigenvalue weighted by molar-refractivity contribution is 6.40. The van der Waals surface area contributed by atoms with Crippen LogP contribution in [0.5, 0.6) is 5.75 Å². The van der Waals surface area contributed by atoms with Gasteiger partial charge in [0.1, 0.15) is 12.2 Å². The molecule has 10 heteroatoms. The number of rotatable bonds is 6. The number of hydrogen-bond acceptors (Lipinski definition) is 5. The van der Waals surface area contributed by atoms with Crippen LogP contribution in [0.3, 0.4) is 0 Å². The molecule has 0 spiro atoms. The number of carboxylic acids is 1. The van der Waals surface area contributed by atoms with Crippen molar-refractivity contribution in [2.75, 3.05) is 4.90 Å². The SMILES string of the molecule is CC(C)(C)c1ccc(N2C(=O)NC(=O)/C(=C\c3cc(Cl)c(OCc4ccc(C(=O)O)cc4)c(Cl)c3)C2=O)cc1. The third kappa shape index (κ3) is 6.13. The fraction of sp³-hybridized carbons (Fsp3) is 0.172. The minimum absolute atomic E-state index is 0.0751. The number of urea groups is 1. The minimum Gasteiger partial charge on any atom is -0.486 e. The highest BCUT2D eigenvalue weighted by Crippen LogP contribution is 2.36. The van der Waals surface area contributed by atoms with Gasteiger partial charge in [-0.15, -0.1) is 0 Å². The van der Waals surface area contributed by atoms with E-state index in [2.05, 4.69) is 5.32 Å². The number of amides is 4. The molecule has 0 unspecified atom stereocenters. The number of carboxylic acid groups (broad SMARTS) is 1. The summed E-state index contributed by atoms with van der Waals surface area (Å²) in [5.74, 6) is -2.48. The van der Waals surface area contributed by atoms with Crippen molar-refractivity contribution in [2.45, 2.75) is 32.8 Å². The molecular weight excluding hydrogens is 543 g/mol. The van der Waals surface area contributed by atoms with Crippen molar-refractivity contribution in [3.05, 3.63) is 98.5 Å². The zero-order valence-corrected chi connectivity index (χ0v) is 22.8. The predicted molar refractivity (Wildman–Crippen MR) is 148 cm³/mol. The molecule has 1 aliphatic rings. The molecule has 0 saturated carbocycles. The van der Waals surface area contributed by atoms with Gasteiger partial charge in [0.15, 0.2) is 5.75 Å². The molecule has 8 nitrogen and oxygen atoms in total. The summed E-state index contributed by atoms with van der Waals surface area (Å²) >= 11 is 12.8. The molecule has 1 heterocycles. The third-order valence-electron chi connectivity index (χ3n) is 6.01. The summed E-state index contributed by atoms with van der Waals surface area (Å²) in [5, 5.41) is 11.5. The number of halogens is 2. The number of imide groups is 2. The number of ether oxygens (including phenoxy) is 1. The molecule has 0 bridgehead atoms. The van der Waals surface area contributed by atoms with E-state index in [1.807, 2.05) is 32.9 Å². The van der Waals surface area contributed by atoms with Crippen LogP contribution in [0.1, 0.15) is 47.8 Å². The first kappa shape index (κ1) is 27.9. The number of benzene rings is 3. The topological polar surface area (TPSA) is 113 Å². The summed E-state index contributed by atoms with van der Waals surface area (Å²) in [6.45, 7) is 6.22. The largest absolute Gasteiger partial charge is 0.486 e. The summed E-state index contributed by atoms with van der Waals surface area (Å²) < 4.78 is 5.73. The van der Waals surface area contributed by atoms with E-state index in [0.29, 0.717) is 16.8 Å². The third-order valence-corrected chi connectivity index (χ3v) is 6.57. The van der Waals surface area contributed by atoms with Crippen molar-refractivity contribution >= 4 is 58.8 Å². The highest BCUT2D eigenvalue weighted by atomic mass is 35.5. The number of carbonyl (C=O) groups excluding carboxylic acids is 3. The van der Waals surface area contributed by atoms with Crippen molar-refractivity contribution < 1.29 is 29.0 Å². The van der Waals surface area contributed by atoms with Crippen LogP contribution < -0.4 is 15.0 Å². The van der Waals surface area contributed by atoms with Crippen LogP contribution in [0.15, 0.2) is 66.2 Å². The number of nitrogens with zero attached hydrogens (tertiary/aromatic N) is 1. The molecule has 4 rings (SSSR count). The summed E-state index contributed by atoms with van der Waals surface area (Å²) in [5.41, 5.74) is 2.14. The molecule has 0 radical (unpaired) electrons. The molecule has 39 heavy (non-hydrogen) atoms. The maximum absolute atomic E-state index is 13.2. The first-order chi connectivity index (χ1) is 18.3. The van der Waals surface area contributed by atoms with E-state index in [1.165, 1.54) is 30.3 Å². The monoisotopic (exact) mass is 566 g/mol. The first-order valence-electron chi connectivity index (χ1n) is 11.8. The second kappa shape index (κ2) is 10.9. The Hall–Kier alpha value is -4.14. The maximum atomic E-state index is 13.2. The van der Waals surface area contributed by atoms with Gasteiger partial charge < -0.3 is 9.84 Å². The summed E-state index contributed by atoms with van der Waals surface area (Å²) in [6, 6.07) is 15.2. The van der Waals surface area contributed by atoms with E-state index < -0.39 is 23.8 Å². The van der Waals surface area contributed by atoms with Gasteiger partial charge in [-0.05, 0) is 64.6 Å². The summed E-state index contributed by atoms with van der Waals surface area (Å²) in [6.07, 6.45) is 1.30. The summed E-state index contributed by atoms with van der Waals surface area (Å²) in [7, 11) is 0. The van der Waals surface area contributed by atoms with Crippen LogP contribution in [0.25, 0.3) is 6.08 Å². The second-order valence-corrected chi connectivity index (χ2v) is 10.7. The Morgan fingerprint density at radius 3 is 2.10 bits per heavy atom. The van der Waals surface area contributed by atoms with Crippen LogP contribution in [0.2, 0.25) is 10.0 Å². The normalized spacial score (nSPS) is 14.9. The minimum atomic E-state index is -1.03. The molecule has 2 N–H and O–H groups in total. The lowest BCUT2D eigenvalue weighted by molar-refractivity contribution is -0.122. The van der Waals surface area contributed by atoms with E-state index >= 15 is 0 Å². The zero-order chi connectivity index (χ0) is 28.5. The molecule has 200 valence electrons. The molecule has 3 aromatic rings. The fourth-order valence-corrected chi connectivity index (χ4v) is 4.48. The molecule has 0 aliphatic carbocycles. The molecule has 0 aromatic heterocycles. The quantitative estimate of drug-likeness (QED) is 0.270. The fourth-order valence-electron chi connectivity index (χ4n) is 3.87. The van der Waals surface area contributed by atoms with Gasteiger partial charge in [-0.1, -0.05) is 68.2 Å². The van der Waals surface area contributed by atoms with Gasteiger partial charge in [0.2, 0.25) is 0 Å². The molecular formula is C29H24Cl2N2O6. The van der Waals surface area contributed by atoms with Crippen LogP contribution in [0.4, 0.5) is 10.5 Å². The smallest absolute Gasteiger partial charge is 0.335 e. The van der Waals surface area contributed by atoms with E-state index in [1.54, 1.807) is 24.3 Å². The van der Waals surface area contributed by atoms with Crippen molar-refractivity contribution in [1.82, 2.24) is 5.32 Å². The van der Waals surface area contributed by atoms with Crippen molar-refractivity contribution in [3.8, 4) is 5.75 Å². The van der Waals surface area contributed by atoms with E-state index in [4.69, 9.17) is 33.0 Å². The lowest BCUT2D eigenvalue weighted by atomic mass is 9.87. The zero-order valence-electron chi connectivity index (χ0n) is 21.2. The van der Waals surface area contributed by atoms with Gasteiger partial charge in [-0.25, -0.2) is 14.5 Å². The average Bonchev–Trinajstić information content (AvgIpc) is 2.86. The van der Waals surface area contributed by atoms with Gasteiger partial charge in [-0.2, -0.15) is 0 Å². The second-order valence-electron chi connectivity index (χ2n) is 9.86. The van der Waals surface area contributed by atoms with Crippen LogP contribution in [0, 0.1) is 0 Å². The van der Waals surface area contributed by atoms with Crippen molar-refractivity contribution in [1.29, 1.82) is 0 Å². The van der Waals surface area contributed by atoms with E-state index in [9.17, 15) is 19.2 Å². The predicted octanol–water partition coefficient (Wildman–Crippen LogP) is 6.23. The Kier molecular flexibility index (Phi) is 7.81. The molecule has 4 amide bonds. The Morgan fingerprint density at radius 2 is 1.56 bits per heavy atom. The lowest BCUT2D eigenvalue weighted by Gasteiger charge is -2.27. The summed E-state index contributed by atoms with van der Waals surface area (Å²) in [4.78, 5) is 50.3. The molecule has 1 saturated heterocycles. The van der Waals surface area contributed by atoms with E-state index in [0.717, 1.165) is 10.5 Å². The van der Waals surface area contributed by atoms with Crippen LogP contribution in [-0.2, 0) is 21.6 Å². The molecule has 1 fully saturated rings. The number of hydrogen-bond donors (Lipinski definition) is 2.